The van der Waals surface area contributed by atoms with E-state index in [0.29, 0.717) is 12.0 Å². The van der Waals surface area contributed by atoms with E-state index in [1.807, 2.05) is 0 Å². The van der Waals surface area contributed by atoms with E-state index in [1.165, 1.54) is 31.2 Å². The highest BCUT2D eigenvalue weighted by Crippen LogP contribution is 2.36. The first-order valence-electron chi connectivity index (χ1n) is 8.37. The molecule has 0 fully saturated rings. The molecule has 2 unspecified atom stereocenters. The highest BCUT2D eigenvalue weighted by molar-refractivity contribution is 5.44. The minimum Gasteiger partial charge on any atom is -0.490 e. The van der Waals surface area contributed by atoms with Crippen molar-refractivity contribution in [1.29, 1.82) is 0 Å². The normalized spacial score (nSPS) is 17.1. The van der Waals surface area contributed by atoms with Gasteiger partial charge >= 0.3 is 0 Å². The maximum atomic E-state index is 5.83. The molecular formula is C18H29NO2. The monoisotopic (exact) mass is 291 g/mol. The molecular weight excluding hydrogens is 262 g/mol. The Morgan fingerprint density at radius 2 is 1.90 bits per heavy atom. The van der Waals surface area contributed by atoms with Crippen LogP contribution in [0, 0.1) is 5.92 Å². The molecule has 3 heteroatoms. The predicted molar refractivity (Wildman–Crippen MR) is 87.2 cm³/mol. The summed E-state index contributed by atoms with van der Waals surface area (Å²) in [6, 6.07) is 6.80. The molecule has 1 aromatic rings. The van der Waals surface area contributed by atoms with Crippen LogP contribution in [0.4, 0.5) is 0 Å². The third-order valence-electron chi connectivity index (χ3n) is 4.37. The zero-order chi connectivity index (χ0) is 15.1. The smallest absolute Gasteiger partial charge is 0.161 e. The van der Waals surface area contributed by atoms with Crippen LogP contribution in [0.15, 0.2) is 18.2 Å². The first-order chi connectivity index (χ1) is 10.3. The van der Waals surface area contributed by atoms with Crippen LogP contribution in [-0.2, 0) is 0 Å². The molecule has 0 bridgehead atoms. The second-order valence-electron chi connectivity index (χ2n) is 5.83. The van der Waals surface area contributed by atoms with Crippen LogP contribution in [0.3, 0.4) is 0 Å². The van der Waals surface area contributed by atoms with Crippen LogP contribution in [0.1, 0.15) is 57.6 Å². The van der Waals surface area contributed by atoms with E-state index in [1.54, 1.807) is 0 Å². The van der Waals surface area contributed by atoms with Gasteiger partial charge in [0, 0.05) is 12.5 Å². The summed E-state index contributed by atoms with van der Waals surface area (Å²) in [5, 5.41) is 3.50. The SMILES string of the molecule is CCCCC(CC)C(NC)c1ccc2c(c1)OCCCO2. The quantitative estimate of drug-likeness (QED) is 0.811. The van der Waals surface area contributed by atoms with Crippen molar-refractivity contribution in [2.75, 3.05) is 20.3 Å². The Morgan fingerprint density at radius 1 is 1.14 bits per heavy atom. The number of nitrogens with one attached hydrogen (secondary N) is 1. The van der Waals surface area contributed by atoms with Crippen molar-refractivity contribution in [3.8, 4) is 11.5 Å². The zero-order valence-corrected chi connectivity index (χ0v) is 13.7. The molecule has 1 aliphatic rings. The Kier molecular flexibility index (Phi) is 6.37. The van der Waals surface area contributed by atoms with Gasteiger partial charge in [-0.1, -0.05) is 39.2 Å². The molecule has 0 aliphatic carbocycles. The Hall–Kier alpha value is -1.22. The third kappa shape index (κ3) is 4.13. The van der Waals surface area contributed by atoms with Crippen LogP contribution in [-0.4, -0.2) is 20.3 Å². The molecule has 118 valence electrons. The Morgan fingerprint density at radius 3 is 2.57 bits per heavy atom. The molecule has 0 aromatic heterocycles. The summed E-state index contributed by atoms with van der Waals surface area (Å²) in [6.45, 7) is 6.03. The molecule has 0 saturated carbocycles. The molecule has 0 spiro atoms. The number of benzene rings is 1. The van der Waals surface area contributed by atoms with Crippen molar-refractivity contribution < 1.29 is 9.47 Å². The number of fused-ring (bicyclic) bond motifs is 1. The topological polar surface area (TPSA) is 30.5 Å². The average molecular weight is 291 g/mol. The van der Waals surface area contributed by atoms with Gasteiger partial charge in [-0.15, -0.1) is 0 Å². The van der Waals surface area contributed by atoms with Gasteiger partial charge < -0.3 is 14.8 Å². The van der Waals surface area contributed by atoms with E-state index < -0.39 is 0 Å². The molecule has 0 saturated heterocycles. The number of hydrogen-bond donors (Lipinski definition) is 1. The number of ether oxygens (including phenoxy) is 2. The van der Waals surface area contributed by atoms with Crippen LogP contribution in [0.5, 0.6) is 11.5 Å². The van der Waals surface area contributed by atoms with Crippen LogP contribution in [0.25, 0.3) is 0 Å². The van der Waals surface area contributed by atoms with Gasteiger partial charge in [0.05, 0.1) is 13.2 Å². The number of rotatable bonds is 7. The van der Waals surface area contributed by atoms with E-state index in [9.17, 15) is 0 Å². The van der Waals surface area contributed by atoms with Crippen molar-refractivity contribution in [3.63, 3.8) is 0 Å². The molecule has 3 nitrogen and oxygen atoms in total. The van der Waals surface area contributed by atoms with Crippen LogP contribution in [0.2, 0.25) is 0 Å². The van der Waals surface area contributed by atoms with Crippen molar-refractivity contribution in [1.82, 2.24) is 5.32 Å². The molecule has 2 atom stereocenters. The summed E-state index contributed by atoms with van der Waals surface area (Å²) in [6.07, 6.45) is 5.97. The van der Waals surface area contributed by atoms with E-state index in [0.717, 1.165) is 31.1 Å². The summed E-state index contributed by atoms with van der Waals surface area (Å²) >= 11 is 0. The summed E-state index contributed by atoms with van der Waals surface area (Å²) in [4.78, 5) is 0. The first kappa shape index (κ1) is 16.2. The summed E-state index contributed by atoms with van der Waals surface area (Å²) < 4.78 is 11.5. The minimum absolute atomic E-state index is 0.388. The Labute approximate surface area is 129 Å². The van der Waals surface area contributed by atoms with E-state index in [-0.39, 0.29) is 0 Å². The molecule has 0 radical (unpaired) electrons. The predicted octanol–water partition coefficient (Wildman–Crippen LogP) is 4.32. The lowest BCUT2D eigenvalue weighted by atomic mass is 9.87. The molecule has 1 heterocycles. The van der Waals surface area contributed by atoms with E-state index >= 15 is 0 Å². The molecule has 0 amide bonds. The second-order valence-corrected chi connectivity index (χ2v) is 5.83. The molecule has 2 rings (SSSR count). The standard InChI is InChI=1S/C18H29NO2/c1-4-6-8-14(5-2)18(19-3)15-9-10-16-17(13-15)21-12-7-11-20-16/h9-10,13-14,18-19H,4-8,11-12H2,1-3H3. The highest BCUT2D eigenvalue weighted by Gasteiger charge is 2.21. The maximum absolute atomic E-state index is 5.83. The minimum atomic E-state index is 0.388. The van der Waals surface area contributed by atoms with Gasteiger partial charge in [0.25, 0.3) is 0 Å². The lowest BCUT2D eigenvalue weighted by Crippen LogP contribution is -2.25. The molecule has 1 aromatic carbocycles. The van der Waals surface area contributed by atoms with Gasteiger partial charge in [0.1, 0.15) is 0 Å². The maximum Gasteiger partial charge on any atom is 0.161 e. The van der Waals surface area contributed by atoms with E-state index in [2.05, 4.69) is 44.4 Å². The molecule has 21 heavy (non-hydrogen) atoms. The fourth-order valence-electron chi connectivity index (χ4n) is 3.12. The Bertz CT molecular complexity index is 433. The number of hydrogen-bond acceptors (Lipinski definition) is 3. The van der Waals surface area contributed by atoms with Gasteiger partial charge in [-0.3, -0.25) is 0 Å². The van der Waals surface area contributed by atoms with Crippen LogP contribution >= 0.6 is 0 Å². The lowest BCUT2D eigenvalue weighted by Gasteiger charge is -2.27. The van der Waals surface area contributed by atoms with Gasteiger partial charge in [0.2, 0.25) is 0 Å². The second kappa shape index (κ2) is 8.28. The fraction of sp³-hybridized carbons (Fsp3) is 0.667. The number of unbranched alkanes of at least 4 members (excludes halogenated alkanes) is 1. The van der Waals surface area contributed by atoms with Gasteiger partial charge in [0.15, 0.2) is 11.5 Å². The lowest BCUT2D eigenvalue weighted by molar-refractivity contribution is 0.296. The highest BCUT2D eigenvalue weighted by atomic mass is 16.5. The summed E-state index contributed by atoms with van der Waals surface area (Å²) in [5.74, 6) is 2.45. The largest absolute Gasteiger partial charge is 0.490 e. The fourth-order valence-corrected chi connectivity index (χ4v) is 3.12. The summed E-state index contributed by atoms with van der Waals surface area (Å²) in [5.41, 5.74) is 1.31. The van der Waals surface area contributed by atoms with Crippen molar-refractivity contribution >= 4 is 0 Å². The van der Waals surface area contributed by atoms with Crippen LogP contribution < -0.4 is 14.8 Å². The molecule has 1 N–H and O–H groups in total. The van der Waals surface area contributed by atoms with Gasteiger partial charge in [-0.05, 0) is 37.1 Å². The van der Waals surface area contributed by atoms with Gasteiger partial charge in [-0.25, -0.2) is 0 Å². The van der Waals surface area contributed by atoms with Crippen molar-refractivity contribution in [3.05, 3.63) is 23.8 Å². The third-order valence-corrected chi connectivity index (χ3v) is 4.37. The summed E-state index contributed by atoms with van der Waals surface area (Å²) in [7, 11) is 2.06. The van der Waals surface area contributed by atoms with E-state index in [4.69, 9.17) is 9.47 Å². The average Bonchev–Trinajstić information content (AvgIpc) is 2.76. The van der Waals surface area contributed by atoms with Crippen molar-refractivity contribution in [2.45, 2.75) is 52.0 Å². The Balaban J connectivity index is 2.19. The van der Waals surface area contributed by atoms with Gasteiger partial charge in [-0.2, -0.15) is 0 Å². The molecule has 1 aliphatic heterocycles. The zero-order valence-electron chi connectivity index (χ0n) is 13.7. The van der Waals surface area contributed by atoms with Crippen molar-refractivity contribution in [2.24, 2.45) is 5.92 Å². The first-order valence-corrected chi connectivity index (χ1v) is 8.37.